The molecule has 2 aromatic rings. The first-order valence-corrected chi connectivity index (χ1v) is 11.0. The summed E-state index contributed by atoms with van der Waals surface area (Å²) in [6, 6.07) is 2.54. The minimum absolute atomic E-state index is 0.000152. The van der Waals surface area contributed by atoms with E-state index >= 15 is 0 Å². The minimum atomic E-state index is -4.90. The Morgan fingerprint density at radius 1 is 1.24 bits per heavy atom. The van der Waals surface area contributed by atoms with E-state index in [-0.39, 0.29) is 24.3 Å². The van der Waals surface area contributed by atoms with Crippen LogP contribution in [-0.2, 0) is 19.3 Å². The van der Waals surface area contributed by atoms with Gasteiger partial charge in [0.05, 0.1) is 11.6 Å². The topological polar surface area (TPSA) is 91.6 Å². The molecule has 7 nitrogen and oxygen atoms in total. The highest BCUT2D eigenvalue weighted by Gasteiger charge is 2.41. The number of piperidine rings is 1. The predicted molar refractivity (Wildman–Crippen MR) is 113 cm³/mol. The quantitative estimate of drug-likeness (QED) is 0.655. The van der Waals surface area contributed by atoms with E-state index in [0.29, 0.717) is 6.07 Å². The number of pyridine rings is 1. The van der Waals surface area contributed by atoms with Crippen LogP contribution >= 0.6 is 0 Å². The molecule has 0 radical (unpaired) electrons. The average molecular weight is 481 g/mol. The second-order valence-corrected chi connectivity index (χ2v) is 8.54. The van der Waals surface area contributed by atoms with E-state index in [1.807, 2.05) is 6.92 Å². The largest absolute Gasteiger partial charge is 0.503 e. The van der Waals surface area contributed by atoms with Crippen molar-refractivity contribution in [3.8, 4) is 5.75 Å². The van der Waals surface area contributed by atoms with Crippen molar-refractivity contribution in [2.75, 3.05) is 0 Å². The molecule has 0 spiro atoms. The lowest BCUT2D eigenvalue weighted by molar-refractivity contribution is -0.140. The molecule has 1 aromatic carbocycles. The summed E-state index contributed by atoms with van der Waals surface area (Å²) in [6.45, 7) is 1.64. The standard InChI is InChI=1S/C23H23F4N3O4/c1-2-13-6-4-7-14-10-29-11-15(19(31)20(32)18(29)22(34)30(13)14)21(33)28-9-12-5-3-8-16(17(12)24)23(25,26)27/h3,5,8,11,13-14,32H,2,4,6-7,9-10H2,1H3,(H,28,33)/t13-,14-/m1/s1. The van der Waals surface area contributed by atoms with E-state index in [0.717, 1.165) is 37.8 Å². The lowest BCUT2D eigenvalue weighted by Gasteiger charge is -2.45. The summed E-state index contributed by atoms with van der Waals surface area (Å²) in [7, 11) is 0. The summed E-state index contributed by atoms with van der Waals surface area (Å²) in [6.07, 6.45) is -0.505. The molecule has 2 aliphatic rings. The Bertz CT molecular complexity index is 1210. The van der Waals surface area contributed by atoms with Crippen LogP contribution in [-0.4, -0.2) is 38.5 Å². The van der Waals surface area contributed by atoms with Crippen LogP contribution in [0.5, 0.6) is 5.75 Å². The summed E-state index contributed by atoms with van der Waals surface area (Å²) < 4.78 is 54.4. The van der Waals surface area contributed by atoms with Crippen molar-refractivity contribution < 1.29 is 32.3 Å². The summed E-state index contributed by atoms with van der Waals surface area (Å²) in [5.74, 6) is -3.86. The normalized spacial score (nSPS) is 20.0. The molecule has 2 aliphatic heterocycles. The van der Waals surface area contributed by atoms with Gasteiger partial charge >= 0.3 is 6.18 Å². The third-order valence-electron chi connectivity index (χ3n) is 6.50. The van der Waals surface area contributed by atoms with E-state index in [1.165, 1.54) is 10.8 Å². The van der Waals surface area contributed by atoms with Gasteiger partial charge in [0.1, 0.15) is 11.4 Å². The highest BCUT2D eigenvalue weighted by molar-refractivity contribution is 5.99. The number of benzene rings is 1. The number of nitrogens with zero attached hydrogens (tertiary/aromatic N) is 2. The molecule has 182 valence electrons. The van der Waals surface area contributed by atoms with Crippen LogP contribution in [0.1, 0.15) is 64.6 Å². The molecule has 4 rings (SSSR count). The Balaban J connectivity index is 1.61. The van der Waals surface area contributed by atoms with E-state index in [2.05, 4.69) is 5.32 Å². The first kappa shape index (κ1) is 23.8. The van der Waals surface area contributed by atoms with E-state index < -0.39 is 58.2 Å². The molecule has 0 saturated carbocycles. The number of halogens is 4. The maximum Gasteiger partial charge on any atom is 0.419 e. The first-order valence-electron chi connectivity index (χ1n) is 11.0. The Morgan fingerprint density at radius 3 is 2.65 bits per heavy atom. The van der Waals surface area contributed by atoms with Crippen molar-refractivity contribution >= 4 is 11.8 Å². The fourth-order valence-corrected chi connectivity index (χ4v) is 4.81. The molecule has 2 atom stereocenters. The van der Waals surface area contributed by atoms with Crippen LogP contribution in [0.4, 0.5) is 17.6 Å². The van der Waals surface area contributed by atoms with Gasteiger partial charge in [0, 0.05) is 30.9 Å². The van der Waals surface area contributed by atoms with Crippen molar-refractivity contribution in [2.45, 2.75) is 64.0 Å². The Labute approximate surface area is 192 Å². The van der Waals surface area contributed by atoms with Crippen LogP contribution in [0.15, 0.2) is 29.2 Å². The maximum atomic E-state index is 14.2. The molecule has 1 aromatic heterocycles. The Kier molecular flexibility index (Phi) is 6.13. The van der Waals surface area contributed by atoms with Gasteiger partial charge in [0.15, 0.2) is 11.4 Å². The molecule has 34 heavy (non-hydrogen) atoms. The molecule has 0 unspecified atom stereocenters. The van der Waals surface area contributed by atoms with Crippen molar-refractivity contribution in [1.82, 2.24) is 14.8 Å². The van der Waals surface area contributed by atoms with Gasteiger partial charge in [-0.25, -0.2) is 4.39 Å². The van der Waals surface area contributed by atoms with Crippen LogP contribution in [0.3, 0.4) is 0 Å². The SMILES string of the molecule is CC[C@@H]1CCC[C@@H]2Cn3cc(C(=O)NCc4cccc(C(F)(F)F)c4F)c(=O)c(O)c3C(=O)N12. The zero-order valence-electron chi connectivity index (χ0n) is 18.3. The number of nitrogens with one attached hydrogen (secondary N) is 1. The molecule has 1 fully saturated rings. The van der Waals surface area contributed by atoms with Gasteiger partial charge in [-0.15, -0.1) is 0 Å². The number of carbonyl (C=O) groups is 2. The van der Waals surface area contributed by atoms with Gasteiger partial charge in [-0.2, -0.15) is 13.2 Å². The lowest BCUT2D eigenvalue weighted by atomic mass is 9.91. The number of hydrogen-bond acceptors (Lipinski definition) is 4. The van der Waals surface area contributed by atoms with Crippen molar-refractivity contribution in [3.05, 3.63) is 62.8 Å². The van der Waals surface area contributed by atoms with Crippen LogP contribution in [0.25, 0.3) is 0 Å². The summed E-state index contributed by atoms with van der Waals surface area (Å²) in [5.41, 5.74) is -3.64. The molecule has 0 aliphatic carbocycles. The predicted octanol–water partition coefficient (Wildman–Crippen LogP) is 3.43. The number of aromatic nitrogens is 1. The second kappa shape index (κ2) is 8.77. The Morgan fingerprint density at radius 2 is 1.97 bits per heavy atom. The van der Waals surface area contributed by atoms with Gasteiger partial charge in [-0.1, -0.05) is 19.1 Å². The number of aromatic hydroxyl groups is 1. The summed E-state index contributed by atoms with van der Waals surface area (Å²) in [4.78, 5) is 40.2. The minimum Gasteiger partial charge on any atom is -0.503 e. The van der Waals surface area contributed by atoms with E-state index in [1.54, 1.807) is 4.90 Å². The van der Waals surface area contributed by atoms with Gasteiger partial charge in [-0.3, -0.25) is 14.4 Å². The molecule has 0 bridgehead atoms. The number of hydrogen-bond donors (Lipinski definition) is 2. The Hall–Kier alpha value is -3.37. The molecule has 1 saturated heterocycles. The number of fused-ring (bicyclic) bond motifs is 2. The number of amides is 2. The zero-order chi connectivity index (χ0) is 24.8. The first-order chi connectivity index (χ1) is 16.0. The van der Waals surface area contributed by atoms with Crippen molar-refractivity contribution in [3.63, 3.8) is 0 Å². The van der Waals surface area contributed by atoms with E-state index in [9.17, 15) is 37.1 Å². The molecular weight excluding hydrogens is 458 g/mol. The summed E-state index contributed by atoms with van der Waals surface area (Å²) in [5, 5.41) is 12.7. The van der Waals surface area contributed by atoms with Gasteiger partial charge in [0.25, 0.3) is 11.8 Å². The number of carbonyl (C=O) groups excluding carboxylic acids is 2. The highest BCUT2D eigenvalue weighted by atomic mass is 19.4. The van der Waals surface area contributed by atoms with Crippen LogP contribution < -0.4 is 10.7 Å². The van der Waals surface area contributed by atoms with Gasteiger partial charge in [0.2, 0.25) is 5.43 Å². The van der Waals surface area contributed by atoms with Crippen LogP contribution in [0.2, 0.25) is 0 Å². The van der Waals surface area contributed by atoms with Gasteiger partial charge < -0.3 is 19.9 Å². The highest BCUT2D eigenvalue weighted by Crippen LogP contribution is 2.34. The fourth-order valence-electron chi connectivity index (χ4n) is 4.81. The average Bonchev–Trinajstić information content (AvgIpc) is 2.79. The molecule has 3 heterocycles. The van der Waals surface area contributed by atoms with Gasteiger partial charge in [-0.05, 0) is 31.7 Å². The molecule has 11 heteroatoms. The van der Waals surface area contributed by atoms with Crippen molar-refractivity contribution in [1.29, 1.82) is 0 Å². The third-order valence-corrected chi connectivity index (χ3v) is 6.50. The number of alkyl halides is 3. The lowest BCUT2D eigenvalue weighted by Crippen LogP contribution is -2.55. The summed E-state index contributed by atoms with van der Waals surface area (Å²) >= 11 is 0. The van der Waals surface area contributed by atoms with E-state index in [4.69, 9.17) is 0 Å². The second-order valence-electron chi connectivity index (χ2n) is 8.54. The third kappa shape index (κ3) is 4.03. The molecule has 2 amide bonds. The maximum absolute atomic E-state index is 14.2. The van der Waals surface area contributed by atoms with Crippen molar-refractivity contribution in [2.24, 2.45) is 0 Å². The molecular formula is C23H23F4N3O4. The zero-order valence-corrected chi connectivity index (χ0v) is 18.3. The smallest absolute Gasteiger partial charge is 0.419 e. The monoisotopic (exact) mass is 481 g/mol. The molecule has 2 N–H and O–H groups in total. The van der Waals surface area contributed by atoms with Crippen LogP contribution in [0, 0.1) is 5.82 Å². The number of rotatable bonds is 4. The fraction of sp³-hybridized carbons (Fsp3) is 0.435.